The number of hydrogen-bond acceptors (Lipinski definition) is 2. The quantitative estimate of drug-likeness (QED) is 0.213. The van der Waals surface area contributed by atoms with E-state index in [-0.39, 0.29) is 35.5 Å². The zero-order valence-corrected chi connectivity index (χ0v) is 22.0. The number of rotatable bonds is 4. The molecule has 2 fully saturated rings. The van der Waals surface area contributed by atoms with E-state index >= 15 is 0 Å². The van der Waals surface area contributed by atoms with E-state index in [1.165, 1.54) is 21.6 Å². The van der Waals surface area contributed by atoms with E-state index in [1.54, 1.807) is 0 Å². The number of benzene rings is 4. The molecule has 0 spiro atoms. The number of allylic oxidation sites excluding steroid dienone is 3. The maximum atomic E-state index is 14.2. The molecule has 4 atom stereocenters. The minimum absolute atomic E-state index is 0.0881. The molecule has 3 heteroatoms. The molecule has 1 saturated carbocycles. The molecule has 2 amide bonds. The van der Waals surface area contributed by atoms with Gasteiger partial charge in [0, 0.05) is 17.4 Å². The molecule has 39 heavy (non-hydrogen) atoms. The number of hydrogen-bond donors (Lipinski definition) is 0. The number of anilines is 1. The van der Waals surface area contributed by atoms with Gasteiger partial charge in [-0.1, -0.05) is 120 Å². The number of amides is 2. The second kappa shape index (κ2) is 9.06. The summed E-state index contributed by atoms with van der Waals surface area (Å²) in [4.78, 5) is 29.8. The molecular formula is C36H29NO2. The van der Waals surface area contributed by atoms with Crippen LogP contribution in [0.5, 0.6) is 0 Å². The largest absolute Gasteiger partial charge is 0.274 e. The summed E-state index contributed by atoms with van der Waals surface area (Å²) in [6.07, 6.45) is 4.34. The minimum atomic E-state index is -0.378. The third-order valence-corrected chi connectivity index (χ3v) is 8.61. The Labute approximate surface area is 229 Å². The van der Waals surface area contributed by atoms with Crippen LogP contribution in [0.1, 0.15) is 22.3 Å². The smallest absolute Gasteiger partial charge is 0.238 e. The summed E-state index contributed by atoms with van der Waals surface area (Å²) >= 11 is 0. The first-order valence-corrected chi connectivity index (χ1v) is 13.6. The molecule has 0 unspecified atom stereocenters. The first kappa shape index (κ1) is 23.6. The van der Waals surface area contributed by atoms with Crippen molar-refractivity contribution in [2.24, 2.45) is 23.7 Å². The third kappa shape index (κ3) is 3.64. The van der Waals surface area contributed by atoms with Gasteiger partial charge in [0.1, 0.15) is 0 Å². The topological polar surface area (TPSA) is 37.4 Å². The lowest BCUT2D eigenvalue weighted by atomic mass is 9.85. The van der Waals surface area contributed by atoms with Crippen LogP contribution in [0.3, 0.4) is 0 Å². The fraction of sp³-hybridized carbons (Fsp3) is 0.167. The number of fused-ring (bicyclic) bond motifs is 5. The van der Waals surface area contributed by atoms with E-state index in [0.717, 1.165) is 27.8 Å². The number of aryl methyl sites for hydroxylation is 2. The van der Waals surface area contributed by atoms with Crippen molar-refractivity contribution in [3.8, 4) is 11.1 Å². The Bertz CT molecular complexity index is 1580. The van der Waals surface area contributed by atoms with Crippen molar-refractivity contribution in [2.45, 2.75) is 13.8 Å². The van der Waals surface area contributed by atoms with Gasteiger partial charge in [-0.05, 0) is 47.8 Å². The van der Waals surface area contributed by atoms with Crippen molar-refractivity contribution >= 4 is 23.1 Å². The number of carbonyl (C=O) groups excluding carboxylic acids is 2. The Hall–Kier alpha value is -4.50. The summed E-state index contributed by atoms with van der Waals surface area (Å²) < 4.78 is 0. The Morgan fingerprint density at radius 1 is 0.590 bits per heavy atom. The summed E-state index contributed by atoms with van der Waals surface area (Å²) in [6, 6.07) is 34.9. The van der Waals surface area contributed by atoms with Gasteiger partial charge >= 0.3 is 0 Å². The fourth-order valence-corrected chi connectivity index (χ4v) is 6.80. The van der Waals surface area contributed by atoms with Crippen molar-refractivity contribution in [1.82, 2.24) is 0 Å². The van der Waals surface area contributed by atoms with Crippen LogP contribution < -0.4 is 4.90 Å². The molecule has 7 rings (SSSR count). The predicted molar refractivity (Wildman–Crippen MR) is 156 cm³/mol. The summed E-state index contributed by atoms with van der Waals surface area (Å²) in [7, 11) is 0. The molecule has 3 nitrogen and oxygen atoms in total. The van der Waals surface area contributed by atoms with E-state index in [9.17, 15) is 9.59 Å². The van der Waals surface area contributed by atoms with Gasteiger partial charge < -0.3 is 0 Å². The average molecular weight is 508 g/mol. The molecule has 3 aliphatic rings. The van der Waals surface area contributed by atoms with Crippen LogP contribution in [0.15, 0.2) is 121 Å². The van der Waals surface area contributed by atoms with Crippen molar-refractivity contribution in [1.29, 1.82) is 0 Å². The Kier molecular flexibility index (Phi) is 5.48. The van der Waals surface area contributed by atoms with Gasteiger partial charge in [-0.3, -0.25) is 9.59 Å². The first-order valence-electron chi connectivity index (χ1n) is 13.6. The third-order valence-electron chi connectivity index (χ3n) is 8.61. The summed E-state index contributed by atoms with van der Waals surface area (Å²) in [5.74, 6) is -1.12. The molecule has 4 aromatic carbocycles. The molecule has 1 saturated heterocycles. The number of carbonyl (C=O) groups is 2. The number of para-hydroxylation sites is 1. The van der Waals surface area contributed by atoms with E-state index in [2.05, 4.69) is 74.5 Å². The van der Waals surface area contributed by atoms with Crippen LogP contribution in [0.4, 0.5) is 5.69 Å². The van der Waals surface area contributed by atoms with Crippen molar-refractivity contribution in [2.75, 3.05) is 4.90 Å². The zero-order valence-electron chi connectivity index (χ0n) is 22.0. The van der Waals surface area contributed by atoms with Gasteiger partial charge in [-0.25, -0.2) is 4.90 Å². The molecular weight excluding hydrogens is 478 g/mol. The van der Waals surface area contributed by atoms with Crippen LogP contribution in [-0.2, 0) is 9.59 Å². The second-order valence-corrected chi connectivity index (χ2v) is 10.9. The highest BCUT2D eigenvalue weighted by Gasteiger charge is 2.62. The molecule has 0 radical (unpaired) electrons. The van der Waals surface area contributed by atoms with Crippen LogP contribution in [0.25, 0.3) is 16.7 Å². The molecule has 2 aliphatic carbocycles. The van der Waals surface area contributed by atoms with Crippen molar-refractivity contribution in [3.05, 3.63) is 143 Å². The monoisotopic (exact) mass is 507 g/mol. The van der Waals surface area contributed by atoms with Gasteiger partial charge in [0.2, 0.25) is 11.8 Å². The lowest BCUT2D eigenvalue weighted by Crippen LogP contribution is -2.33. The molecule has 4 aromatic rings. The summed E-state index contributed by atoms with van der Waals surface area (Å²) in [6.45, 7) is 4.18. The lowest BCUT2D eigenvalue weighted by Gasteiger charge is -2.23. The van der Waals surface area contributed by atoms with Gasteiger partial charge in [-0.15, -0.1) is 0 Å². The van der Waals surface area contributed by atoms with Crippen molar-refractivity contribution < 1.29 is 9.59 Å². The van der Waals surface area contributed by atoms with Gasteiger partial charge in [0.25, 0.3) is 0 Å². The molecule has 1 aliphatic heterocycles. The van der Waals surface area contributed by atoms with E-state index < -0.39 is 0 Å². The maximum absolute atomic E-state index is 14.2. The molecule has 2 bridgehead atoms. The molecule has 1 heterocycles. The van der Waals surface area contributed by atoms with Crippen LogP contribution in [0.2, 0.25) is 0 Å². The lowest BCUT2D eigenvalue weighted by molar-refractivity contribution is -0.122. The highest BCUT2D eigenvalue weighted by Crippen LogP contribution is 2.59. The first-order chi connectivity index (χ1) is 19.0. The van der Waals surface area contributed by atoms with Gasteiger partial charge in [0.05, 0.1) is 17.5 Å². The van der Waals surface area contributed by atoms with Gasteiger partial charge in [-0.2, -0.15) is 0 Å². The maximum Gasteiger partial charge on any atom is 0.238 e. The predicted octanol–water partition coefficient (Wildman–Crippen LogP) is 7.39. The number of nitrogens with zero attached hydrogens (tertiary/aromatic N) is 1. The highest BCUT2D eigenvalue weighted by atomic mass is 16.2. The summed E-state index contributed by atoms with van der Waals surface area (Å²) in [5.41, 5.74) is 9.59. The van der Waals surface area contributed by atoms with E-state index in [0.29, 0.717) is 5.69 Å². The van der Waals surface area contributed by atoms with Crippen LogP contribution in [-0.4, -0.2) is 11.8 Å². The van der Waals surface area contributed by atoms with E-state index in [4.69, 9.17) is 0 Å². The minimum Gasteiger partial charge on any atom is -0.274 e. The van der Waals surface area contributed by atoms with Crippen LogP contribution >= 0.6 is 0 Å². The Balaban J connectivity index is 1.35. The van der Waals surface area contributed by atoms with Gasteiger partial charge in [0.15, 0.2) is 0 Å². The Morgan fingerprint density at radius 2 is 1.08 bits per heavy atom. The highest BCUT2D eigenvalue weighted by molar-refractivity contribution is 6.24. The standard InChI is InChI=1S/C36H29NO2/c1-22-12-16-25(17-13-22)31(26-18-14-23(2)15-19-26)32-28-20-21-29(32)34-33(28)35(38)37(36(34)39)30-11-7-6-10-27(30)24-8-4-3-5-9-24/h3-21,28-29,33-34H,1-2H3/t28-,29-,33-,34-/m1/s1. The number of imide groups is 1. The van der Waals surface area contributed by atoms with E-state index in [1.807, 2.05) is 54.6 Å². The molecule has 190 valence electrons. The normalized spacial score (nSPS) is 23.0. The fourth-order valence-electron chi connectivity index (χ4n) is 6.80. The second-order valence-electron chi connectivity index (χ2n) is 10.9. The van der Waals surface area contributed by atoms with Crippen LogP contribution in [0, 0.1) is 37.5 Å². The Morgan fingerprint density at radius 3 is 1.62 bits per heavy atom. The SMILES string of the molecule is Cc1ccc(C(=C2[C@H]3C=C[C@H]2[C@H]2C(=O)N(c4ccccc4-c4ccccc4)C(=O)[C@@H]23)c2ccc(C)cc2)cc1. The summed E-state index contributed by atoms with van der Waals surface area (Å²) in [5, 5.41) is 0. The van der Waals surface area contributed by atoms with Crippen molar-refractivity contribution in [3.63, 3.8) is 0 Å². The molecule has 0 aromatic heterocycles. The zero-order chi connectivity index (χ0) is 26.7. The average Bonchev–Trinajstić information content (AvgIpc) is 3.60. The molecule has 0 N–H and O–H groups in total.